The molecule has 0 aliphatic heterocycles. The highest BCUT2D eigenvalue weighted by molar-refractivity contribution is 5.60. The van der Waals surface area contributed by atoms with E-state index in [4.69, 9.17) is 15.2 Å². The van der Waals surface area contributed by atoms with Crippen molar-refractivity contribution in [1.82, 2.24) is 0 Å². The van der Waals surface area contributed by atoms with Crippen LogP contribution in [0.2, 0.25) is 0 Å². The Balaban J connectivity index is 2.75. The van der Waals surface area contributed by atoms with Crippen molar-refractivity contribution in [2.45, 2.75) is 32.1 Å². The van der Waals surface area contributed by atoms with E-state index in [0.717, 1.165) is 18.4 Å². The molecule has 0 amide bonds. The summed E-state index contributed by atoms with van der Waals surface area (Å²) < 4.78 is 25.0. The molecule has 3 nitrogen and oxygen atoms in total. The van der Waals surface area contributed by atoms with Crippen LogP contribution in [0.3, 0.4) is 0 Å². The molecule has 1 aliphatic rings. The summed E-state index contributed by atoms with van der Waals surface area (Å²) in [4.78, 5) is 0. The quantitative estimate of drug-likeness (QED) is 0.896. The lowest BCUT2D eigenvalue weighted by Gasteiger charge is -2.23. The molecule has 2 N–H and O–H groups in total. The van der Waals surface area contributed by atoms with Crippen molar-refractivity contribution in [3.05, 3.63) is 22.5 Å². The summed E-state index contributed by atoms with van der Waals surface area (Å²) >= 11 is 0. The van der Waals surface area contributed by atoms with Gasteiger partial charge in [0.15, 0.2) is 11.5 Å². The molecule has 0 atom stereocenters. The van der Waals surface area contributed by atoms with Crippen LogP contribution in [0.4, 0.5) is 4.39 Å². The Hall–Kier alpha value is -1.29. The molecule has 1 aliphatic carbocycles. The average molecular weight is 253 g/mol. The molecule has 1 aromatic carbocycles. The molecule has 4 heteroatoms. The van der Waals surface area contributed by atoms with Crippen LogP contribution < -0.4 is 15.2 Å². The second kappa shape index (κ2) is 4.43. The zero-order chi connectivity index (χ0) is 13.5. The van der Waals surface area contributed by atoms with Gasteiger partial charge in [0.1, 0.15) is 5.82 Å². The molecule has 0 spiro atoms. The van der Waals surface area contributed by atoms with Gasteiger partial charge < -0.3 is 15.2 Å². The monoisotopic (exact) mass is 253 g/mol. The second-order valence-electron chi connectivity index (χ2n) is 4.99. The zero-order valence-electron chi connectivity index (χ0n) is 11.4. The first-order valence-corrected chi connectivity index (χ1v) is 6.13. The predicted molar refractivity (Wildman–Crippen MR) is 68.9 cm³/mol. The third-order valence-corrected chi connectivity index (χ3v) is 3.99. The molecule has 0 radical (unpaired) electrons. The Bertz CT molecular complexity index is 481. The minimum Gasteiger partial charge on any atom is -0.493 e. The normalized spacial score (nSPS) is 16.6. The second-order valence-corrected chi connectivity index (χ2v) is 4.99. The Labute approximate surface area is 107 Å². The van der Waals surface area contributed by atoms with Gasteiger partial charge in [-0.25, -0.2) is 4.39 Å². The van der Waals surface area contributed by atoms with Gasteiger partial charge in [-0.3, -0.25) is 0 Å². The topological polar surface area (TPSA) is 44.5 Å². The van der Waals surface area contributed by atoms with Crippen molar-refractivity contribution in [1.29, 1.82) is 0 Å². The van der Waals surface area contributed by atoms with E-state index in [1.165, 1.54) is 7.11 Å². The summed E-state index contributed by atoms with van der Waals surface area (Å²) in [5.74, 6) is 0.898. The van der Waals surface area contributed by atoms with E-state index in [2.05, 4.69) is 0 Å². The van der Waals surface area contributed by atoms with Crippen molar-refractivity contribution >= 4 is 0 Å². The summed E-state index contributed by atoms with van der Waals surface area (Å²) in [6.45, 7) is 4.00. The van der Waals surface area contributed by atoms with Gasteiger partial charge in [-0.05, 0) is 32.3 Å². The third kappa shape index (κ3) is 1.67. The zero-order valence-corrected chi connectivity index (χ0v) is 11.4. The maximum atomic E-state index is 14.3. The van der Waals surface area contributed by atoms with Gasteiger partial charge in [0.2, 0.25) is 0 Å². The number of halogens is 1. The van der Waals surface area contributed by atoms with E-state index in [9.17, 15) is 4.39 Å². The van der Waals surface area contributed by atoms with E-state index in [1.807, 2.05) is 0 Å². The largest absolute Gasteiger partial charge is 0.493 e. The Morgan fingerprint density at radius 3 is 2.06 bits per heavy atom. The van der Waals surface area contributed by atoms with Crippen molar-refractivity contribution in [3.8, 4) is 11.5 Å². The van der Waals surface area contributed by atoms with Gasteiger partial charge in [0.05, 0.1) is 14.2 Å². The van der Waals surface area contributed by atoms with Gasteiger partial charge in [-0.1, -0.05) is 0 Å². The fourth-order valence-electron chi connectivity index (χ4n) is 2.73. The number of ether oxygens (including phenoxy) is 2. The molecule has 1 aromatic rings. The van der Waals surface area contributed by atoms with Gasteiger partial charge in [0.25, 0.3) is 0 Å². The lowest BCUT2D eigenvalue weighted by atomic mass is 9.88. The van der Waals surface area contributed by atoms with Crippen LogP contribution in [0.5, 0.6) is 11.5 Å². The van der Waals surface area contributed by atoms with Crippen molar-refractivity contribution in [2.75, 3.05) is 20.8 Å². The molecule has 0 aromatic heterocycles. The first-order valence-electron chi connectivity index (χ1n) is 6.13. The van der Waals surface area contributed by atoms with E-state index < -0.39 is 0 Å². The number of nitrogens with two attached hydrogens (primary N) is 1. The molecule has 18 heavy (non-hydrogen) atoms. The Morgan fingerprint density at radius 1 is 1.11 bits per heavy atom. The molecular formula is C14H20FNO2. The molecule has 0 bridgehead atoms. The molecule has 0 saturated heterocycles. The number of methoxy groups -OCH3 is 2. The van der Waals surface area contributed by atoms with Crippen LogP contribution in [-0.4, -0.2) is 20.8 Å². The van der Waals surface area contributed by atoms with Crippen LogP contribution in [0.1, 0.15) is 29.5 Å². The van der Waals surface area contributed by atoms with Crippen molar-refractivity contribution in [3.63, 3.8) is 0 Å². The number of hydrogen-bond donors (Lipinski definition) is 1. The predicted octanol–water partition coefficient (Wildman–Crippen LogP) is 2.45. The Kier molecular flexibility index (Phi) is 3.23. The summed E-state index contributed by atoms with van der Waals surface area (Å²) in [5.41, 5.74) is 7.73. The number of rotatable bonds is 4. The first-order chi connectivity index (χ1) is 8.52. The molecule has 0 heterocycles. The van der Waals surface area contributed by atoms with Crippen LogP contribution >= 0.6 is 0 Å². The highest BCUT2D eigenvalue weighted by atomic mass is 19.1. The van der Waals surface area contributed by atoms with E-state index in [0.29, 0.717) is 29.2 Å². The standard InChI is InChI=1S/C14H20FNO2/c1-8-10(14(7-16)5-6-14)13(18-4)12(17-3)9(2)11(8)15/h5-7,16H2,1-4H3. The van der Waals surface area contributed by atoms with Crippen LogP contribution in [0.25, 0.3) is 0 Å². The van der Waals surface area contributed by atoms with Gasteiger partial charge in [-0.2, -0.15) is 0 Å². The molecular weight excluding hydrogens is 233 g/mol. The maximum absolute atomic E-state index is 14.3. The molecule has 1 fully saturated rings. The van der Waals surface area contributed by atoms with Gasteiger partial charge >= 0.3 is 0 Å². The molecule has 0 unspecified atom stereocenters. The van der Waals surface area contributed by atoms with E-state index >= 15 is 0 Å². The van der Waals surface area contributed by atoms with E-state index in [1.54, 1.807) is 21.0 Å². The summed E-state index contributed by atoms with van der Waals surface area (Å²) in [6, 6.07) is 0. The Morgan fingerprint density at radius 2 is 1.67 bits per heavy atom. The van der Waals surface area contributed by atoms with Crippen molar-refractivity contribution < 1.29 is 13.9 Å². The molecule has 100 valence electrons. The molecule has 2 rings (SSSR count). The molecule has 1 saturated carbocycles. The lowest BCUT2D eigenvalue weighted by Crippen LogP contribution is -2.23. The minimum atomic E-state index is -0.220. The van der Waals surface area contributed by atoms with Crippen LogP contribution in [0, 0.1) is 19.7 Å². The average Bonchev–Trinajstić information content (AvgIpc) is 3.16. The number of hydrogen-bond acceptors (Lipinski definition) is 3. The van der Waals surface area contributed by atoms with E-state index in [-0.39, 0.29) is 11.2 Å². The van der Waals surface area contributed by atoms with Crippen molar-refractivity contribution in [2.24, 2.45) is 5.73 Å². The summed E-state index contributed by atoms with van der Waals surface area (Å²) in [5, 5.41) is 0. The SMILES string of the molecule is COc1c(C)c(F)c(C)c(C2(CN)CC2)c1OC. The minimum absolute atomic E-state index is 0.128. The fraction of sp³-hybridized carbons (Fsp3) is 0.571. The highest BCUT2D eigenvalue weighted by Gasteiger charge is 2.47. The first kappa shape index (κ1) is 13.1. The third-order valence-electron chi connectivity index (χ3n) is 3.99. The smallest absolute Gasteiger partial charge is 0.166 e. The highest BCUT2D eigenvalue weighted by Crippen LogP contribution is 2.55. The summed E-state index contributed by atoms with van der Waals surface area (Å²) in [6.07, 6.45) is 1.96. The van der Waals surface area contributed by atoms with Crippen LogP contribution in [-0.2, 0) is 5.41 Å². The van der Waals surface area contributed by atoms with Crippen LogP contribution in [0.15, 0.2) is 0 Å². The maximum Gasteiger partial charge on any atom is 0.166 e. The fourth-order valence-corrected chi connectivity index (χ4v) is 2.73. The lowest BCUT2D eigenvalue weighted by molar-refractivity contribution is 0.342. The van der Waals surface area contributed by atoms with Gasteiger partial charge in [-0.15, -0.1) is 0 Å². The number of benzene rings is 1. The summed E-state index contributed by atoms with van der Waals surface area (Å²) in [7, 11) is 3.12. The van der Waals surface area contributed by atoms with Gasteiger partial charge in [0, 0.05) is 23.1 Å².